The van der Waals surface area contributed by atoms with Crippen LogP contribution in [-0.4, -0.2) is 16.9 Å². The van der Waals surface area contributed by atoms with Gasteiger partial charge >= 0.3 is 5.56 Å². The molecule has 0 saturated carbocycles. The maximum Gasteiger partial charge on any atom is 0.304 e. The van der Waals surface area contributed by atoms with E-state index in [1.54, 1.807) is 24.1 Å². The Morgan fingerprint density at radius 1 is 1.10 bits per heavy atom. The monoisotopic (exact) mass is 299 g/mol. The SMILES string of the molecule is CNC(=O)c1ccccc1-[s+]1c2ccccc2c(=O)n1C. The van der Waals surface area contributed by atoms with Crippen molar-refractivity contribution in [1.29, 1.82) is 0 Å². The molecule has 2 aromatic carbocycles. The number of amides is 1. The van der Waals surface area contributed by atoms with Crippen LogP contribution in [0.5, 0.6) is 0 Å². The highest BCUT2D eigenvalue weighted by molar-refractivity contribution is 7.41. The number of hydrogen-bond acceptors (Lipinski definition) is 2. The lowest BCUT2D eigenvalue weighted by Gasteiger charge is -2.02. The Morgan fingerprint density at radius 2 is 1.76 bits per heavy atom. The minimum atomic E-state index is -0.551. The maximum atomic E-state index is 12.4. The second-order valence-corrected chi connectivity index (χ2v) is 6.66. The Hall–Kier alpha value is -2.40. The number of aromatic nitrogens is 1. The summed E-state index contributed by atoms with van der Waals surface area (Å²) in [7, 11) is 2.84. The molecule has 1 N–H and O–H groups in total. The van der Waals surface area contributed by atoms with Crippen LogP contribution < -0.4 is 10.9 Å². The number of fused-ring (bicyclic) bond motifs is 1. The predicted molar refractivity (Wildman–Crippen MR) is 86.4 cm³/mol. The van der Waals surface area contributed by atoms with E-state index < -0.39 is 10.7 Å². The minimum Gasteiger partial charge on any atom is -0.355 e. The molecule has 1 unspecified atom stereocenters. The normalized spacial score (nSPS) is 11.6. The van der Waals surface area contributed by atoms with Gasteiger partial charge in [0.15, 0.2) is 0 Å². The van der Waals surface area contributed by atoms with Crippen LogP contribution >= 0.6 is 10.7 Å². The topological polar surface area (TPSA) is 51.1 Å². The summed E-state index contributed by atoms with van der Waals surface area (Å²) >= 11 is 0. The molecule has 0 aliphatic rings. The fraction of sp³-hybridized carbons (Fsp3) is 0.125. The van der Waals surface area contributed by atoms with Gasteiger partial charge in [0.1, 0.15) is 21.6 Å². The molecule has 3 rings (SSSR count). The average Bonchev–Trinajstić information content (AvgIpc) is 2.78. The van der Waals surface area contributed by atoms with Crippen LogP contribution in [0.15, 0.2) is 53.3 Å². The van der Waals surface area contributed by atoms with E-state index in [4.69, 9.17) is 0 Å². The fourth-order valence-electron chi connectivity index (χ4n) is 2.44. The third-order valence-electron chi connectivity index (χ3n) is 3.45. The third-order valence-corrected chi connectivity index (χ3v) is 5.71. The van der Waals surface area contributed by atoms with E-state index in [0.717, 1.165) is 15.0 Å². The van der Waals surface area contributed by atoms with Gasteiger partial charge in [-0.1, -0.05) is 24.3 Å². The highest BCUT2D eigenvalue weighted by atomic mass is 32.2. The first-order chi connectivity index (χ1) is 10.1. The Bertz CT molecular complexity index is 893. The van der Waals surface area contributed by atoms with Crippen molar-refractivity contribution in [2.24, 2.45) is 7.05 Å². The summed E-state index contributed by atoms with van der Waals surface area (Å²) < 4.78 is 2.69. The minimum absolute atomic E-state index is 0.000595. The molecule has 1 aromatic heterocycles. The van der Waals surface area contributed by atoms with Crippen molar-refractivity contribution in [2.45, 2.75) is 0 Å². The first-order valence-electron chi connectivity index (χ1n) is 6.57. The van der Waals surface area contributed by atoms with E-state index in [2.05, 4.69) is 5.32 Å². The lowest BCUT2D eigenvalue weighted by Crippen LogP contribution is -2.18. The van der Waals surface area contributed by atoms with Crippen molar-refractivity contribution < 1.29 is 4.79 Å². The molecular weight excluding hydrogens is 284 g/mol. The molecule has 1 amide bonds. The molecule has 5 heteroatoms. The first-order valence-corrected chi connectivity index (χ1v) is 7.76. The molecule has 21 heavy (non-hydrogen) atoms. The summed E-state index contributed by atoms with van der Waals surface area (Å²) in [5, 5.41) is 3.37. The molecule has 0 aliphatic heterocycles. The van der Waals surface area contributed by atoms with Crippen LogP contribution in [0.25, 0.3) is 15.0 Å². The lowest BCUT2D eigenvalue weighted by atomic mass is 10.2. The van der Waals surface area contributed by atoms with Gasteiger partial charge in [-0.2, -0.15) is 0 Å². The van der Waals surface area contributed by atoms with Gasteiger partial charge in [-0.05, 0) is 12.1 Å². The van der Waals surface area contributed by atoms with Crippen molar-refractivity contribution >= 4 is 26.7 Å². The Kier molecular flexibility index (Phi) is 3.35. The van der Waals surface area contributed by atoms with E-state index in [1.807, 2.05) is 42.5 Å². The van der Waals surface area contributed by atoms with Crippen LogP contribution in [0.1, 0.15) is 10.4 Å². The number of rotatable bonds is 2. The molecule has 3 aromatic rings. The summed E-state index contributed by atoms with van der Waals surface area (Å²) in [6.45, 7) is 0. The number of hydrogen-bond donors (Lipinski definition) is 1. The molecule has 0 fully saturated rings. The van der Waals surface area contributed by atoms with Crippen molar-refractivity contribution in [3.63, 3.8) is 0 Å². The van der Waals surface area contributed by atoms with Crippen molar-refractivity contribution in [1.82, 2.24) is 9.27 Å². The number of benzene rings is 2. The lowest BCUT2D eigenvalue weighted by molar-refractivity contribution is 0.0964. The summed E-state index contributed by atoms with van der Waals surface area (Å²) in [6, 6.07) is 15.0. The summed E-state index contributed by atoms with van der Waals surface area (Å²) in [4.78, 5) is 25.3. The summed E-state index contributed by atoms with van der Waals surface area (Å²) in [5.41, 5.74) is 0.611. The number of carbonyl (C=O) groups is 1. The van der Waals surface area contributed by atoms with Crippen molar-refractivity contribution in [2.75, 3.05) is 7.05 Å². The van der Waals surface area contributed by atoms with Gasteiger partial charge in [0.2, 0.25) is 9.60 Å². The zero-order valence-corrected chi connectivity index (χ0v) is 12.6. The summed E-state index contributed by atoms with van der Waals surface area (Å²) in [5.74, 6) is -0.136. The van der Waals surface area contributed by atoms with Gasteiger partial charge in [0.05, 0.1) is 7.05 Å². The smallest absolute Gasteiger partial charge is 0.304 e. The van der Waals surface area contributed by atoms with Gasteiger partial charge in [-0.3, -0.25) is 9.59 Å². The van der Waals surface area contributed by atoms with Crippen LogP contribution in [0.3, 0.4) is 0 Å². The Balaban J connectivity index is 2.40. The summed E-state index contributed by atoms with van der Waals surface area (Å²) in [6.07, 6.45) is 0. The van der Waals surface area contributed by atoms with Gasteiger partial charge < -0.3 is 5.32 Å². The molecule has 0 radical (unpaired) electrons. The Morgan fingerprint density at radius 3 is 2.52 bits per heavy atom. The molecule has 0 spiro atoms. The predicted octanol–water partition coefficient (Wildman–Crippen LogP) is 2.64. The zero-order chi connectivity index (χ0) is 15.0. The van der Waals surface area contributed by atoms with E-state index >= 15 is 0 Å². The highest BCUT2D eigenvalue weighted by Crippen LogP contribution is 2.38. The van der Waals surface area contributed by atoms with E-state index in [-0.39, 0.29) is 11.5 Å². The fourth-order valence-corrected chi connectivity index (χ4v) is 4.67. The highest BCUT2D eigenvalue weighted by Gasteiger charge is 2.27. The van der Waals surface area contributed by atoms with Crippen LogP contribution in [0.2, 0.25) is 0 Å². The molecule has 0 aliphatic carbocycles. The molecule has 4 nitrogen and oxygen atoms in total. The second kappa shape index (κ2) is 5.18. The number of nitrogens with one attached hydrogen (secondary N) is 1. The van der Waals surface area contributed by atoms with Crippen LogP contribution in [-0.2, 0) is 7.05 Å². The van der Waals surface area contributed by atoms with Gasteiger partial charge in [0, 0.05) is 19.2 Å². The quantitative estimate of drug-likeness (QED) is 0.740. The standard InChI is InChI=1S/C16H14N2O2S/c1-17-15(19)11-7-3-5-9-13(11)21-14-10-6-4-8-12(14)16(20)18(21)2/h3-10H,1-2H3/p+1. The second-order valence-electron chi connectivity index (χ2n) is 4.66. The molecule has 106 valence electrons. The van der Waals surface area contributed by atoms with E-state index in [0.29, 0.717) is 5.56 Å². The molecular formula is C16H15N2O2S+. The van der Waals surface area contributed by atoms with Gasteiger partial charge in [-0.25, -0.2) is 0 Å². The molecule has 0 saturated heterocycles. The molecule has 0 bridgehead atoms. The van der Waals surface area contributed by atoms with Crippen LogP contribution in [0, 0.1) is 0 Å². The van der Waals surface area contributed by atoms with Crippen molar-refractivity contribution in [3.8, 4) is 4.90 Å². The molecule has 1 heterocycles. The Labute approximate surface area is 124 Å². The first kappa shape index (κ1) is 13.6. The van der Waals surface area contributed by atoms with Crippen LogP contribution in [0.4, 0.5) is 0 Å². The van der Waals surface area contributed by atoms with Gasteiger partial charge in [-0.15, -0.1) is 3.96 Å². The van der Waals surface area contributed by atoms with Gasteiger partial charge in [0.25, 0.3) is 5.91 Å². The van der Waals surface area contributed by atoms with E-state index in [9.17, 15) is 9.59 Å². The number of carbonyl (C=O) groups excluding carboxylic acids is 1. The average molecular weight is 299 g/mol. The van der Waals surface area contributed by atoms with E-state index in [1.165, 1.54) is 0 Å². The zero-order valence-electron chi connectivity index (χ0n) is 11.8. The van der Waals surface area contributed by atoms with Crippen molar-refractivity contribution in [3.05, 3.63) is 64.4 Å². The third kappa shape index (κ3) is 2.06. The number of nitrogens with zero attached hydrogens (tertiary/aromatic N) is 1. The molecule has 1 atom stereocenters. The maximum absolute atomic E-state index is 12.4. The largest absolute Gasteiger partial charge is 0.355 e.